The second-order valence-electron chi connectivity index (χ2n) is 5.15. The average Bonchev–Trinajstić information content (AvgIpc) is 2.55. The van der Waals surface area contributed by atoms with E-state index in [9.17, 15) is 15.0 Å². The number of aromatic hydroxyl groups is 2. The van der Waals surface area contributed by atoms with E-state index in [0.717, 1.165) is 18.4 Å². The summed E-state index contributed by atoms with van der Waals surface area (Å²) < 4.78 is 5.03. The number of ketones is 1. The van der Waals surface area contributed by atoms with Gasteiger partial charge >= 0.3 is 0 Å². The van der Waals surface area contributed by atoms with Crippen LogP contribution >= 0.6 is 0 Å². The molecule has 22 heavy (non-hydrogen) atoms. The number of hydrogen-bond acceptors (Lipinski definition) is 4. The summed E-state index contributed by atoms with van der Waals surface area (Å²) in [4.78, 5) is 12.0. The highest BCUT2D eigenvalue weighted by Crippen LogP contribution is 2.39. The Kier molecular flexibility index (Phi) is 5.04. The van der Waals surface area contributed by atoms with Crippen LogP contribution in [0.15, 0.2) is 36.4 Å². The molecule has 0 radical (unpaired) electrons. The van der Waals surface area contributed by atoms with Crippen molar-refractivity contribution in [2.24, 2.45) is 0 Å². The third-order valence-electron chi connectivity index (χ3n) is 3.57. The first-order chi connectivity index (χ1) is 10.6. The van der Waals surface area contributed by atoms with Gasteiger partial charge in [-0.3, -0.25) is 4.79 Å². The van der Waals surface area contributed by atoms with Gasteiger partial charge in [0.2, 0.25) is 5.75 Å². The van der Waals surface area contributed by atoms with Crippen molar-refractivity contribution in [3.8, 4) is 28.4 Å². The van der Waals surface area contributed by atoms with Crippen molar-refractivity contribution in [2.75, 3.05) is 7.11 Å². The largest absolute Gasteiger partial charge is 0.504 e. The first-order valence-corrected chi connectivity index (χ1v) is 7.30. The van der Waals surface area contributed by atoms with Crippen LogP contribution in [0.5, 0.6) is 17.2 Å². The Balaban J connectivity index is 2.27. The van der Waals surface area contributed by atoms with Crippen LogP contribution in [-0.2, 0) is 0 Å². The summed E-state index contributed by atoms with van der Waals surface area (Å²) >= 11 is 0. The Morgan fingerprint density at radius 1 is 1.09 bits per heavy atom. The minimum atomic E-state index is -0.280. The highest BCUT2D eigenvalue weighted by atomic mass is 16.5. The van der Waals surface area contributed by atoms with Gasteiger partial charge in [0, 0.05) is 12.0 Å². The van der Waals surface area contributed by atoms with Crippen molar-refractivity contribution >= 4 is 5.78 Å². The topological polar surface area (TPSA) is 66.8 Å². The lowest BCUT2D eigenvalue weighted by atomic mass is 10.00. The number of methoxy groups -OCH3 is 1. The number of phenols is 2. The fourth-order valence-corrected chi connectivity index (χ4v) is 2.25. The van der Waals surface area contributed by atoms with Crippen molar-refractivity contribution in [1.29, 1.82) is 0 Å². The monoisotopic (exact) mass is 300 g/mol. The lowest BCUT2D eigenvalue weighted by molar-refractivity contribution is 0.0980. The van der Waals surface area contributed by atoms with E-state index in [1.165, 1.54) is 13.2 Å². The Labute approximate surface area is 130 Å². The zero-order valence-electron chi connectivity index (χ0n) is 12.8. The molecule has 0 heterocycles. The molecular formula is C18H20O4. The number of carbonyl (C=O) groups excluding carboxylic acids is 1. The first-order valence-electron chi connectivity index (χ1n) is 7.30. The molecule has 0 aliphatic carbocycles. The maximum atomic E-state index is 12.0. The molecule has 0 fully saturated rings. The Hall–Kier alpha value is -2.49. The van der Waals surface area contributed by atoms with Crippen LogP contribution in [0.2, 0.25) is 0 Å². The first kappa shape index (κ1) is 15.9. The van der Waals surface area contributed by atoms with Gasteiger partial charge in [0.25, 0.3) is 0 Å². The van der Waals surface area contributed by atoms with Gasteiger partial charge in [0.15, 0.2) is 17.3 Å². The molecule has 0 aliphatic rings. The van der Waals surface area contributed by atoms with E-state index < -0.39 is 0 Å². The van der Waals surface area contributed by atoms with Crippen LogP contribution in [-0.4, -0.2) is 23.1 Å². The Bertz CT molecular complexity index is 660. The van der Waals surface area contributed by atoms with Crippen molar-refractivity contribution in [3.05, 3.63) is 42.0 Å². The van der Waals surface area contributed by atoms with Crippen molar-refractivity contribution in [1.82, 2.24) is 0 Å². The highest BCUT2D eigenvalue weighted by molar-refractivity contribution is 5.96. The minimum Gasteiger partial charge on any atom is -0.504 e. The van der Waals surface area contributed by atoms with Crippen LogP contribution in [0.4, 0.5) is 0 Å². The predicted octanol–water partition coefficient (Wildman–Crippen LogP) is 4.15. The molecule has 4 heteroatoms. The lowest BCUT2D eigenvalue weighted by Crippen LogP contribution is -1.98. The van der Waals surface area contributed by atoms with Gasteiger partial charge in [-0.05, 0) is 29.7 Å². The minimum absolute atomic E-state index is 0.138. The third-order valence-corrected chi connectivity index (χ3v) is 3.57. The normalized spacial score (nSPS) is 10.5. The van der Waals surface area contributed by atoms with Crippen LogP contribution in [0, 0.1) is 0 Å². The molecule has 0 atom stereocenters. The number of Topliss-reactive ketones (excluding diaryl/α,β-unsaturated/α-hetero) is 1. The maximum Gasteiger partial charge on any atom is 0.200 e. The van der Waals surface area contributed by atoms with Crippen molar-refractivity contribution < 1.29 is 19.7 Å². The zero-order chi connectivity index (χ0) is 16.1. The van der Waals surface area contributed by atoms with Gasteiger partial charge < -0.3 is 14.9 Å². The smallest absolute Gasteiger partial charge is 0.200 e. The SMILES string of the molecule is CCCCC(=O)c1ccc(-c2cc(O)c(O)c(OC)c2)cc1. The molecule has 2 rings (SSSR count). The van der Waals surface area contributed by atoms with Gasteiger partial charge in [0.1, 0.15) is 0 Å². The molecular weight excluding hydrogens is 280 g/mol. The number of hydrogen-bond donors (Lipinski definition) is 2. The van der Waals surface area contributed by atoms with E-state index >= 15 is 0 Å². The van der Waals surface area contributed by atoms with Gasteiger partial charge in [-0.1, -0.05) is 37.6 Å². The number of ether oxygens (including phenoxy) is 1. The van der Waals surface area contributed by atoms with Crippen LogP contribution < -0.4 is 4.74 Å². The van der Waals surface area contributed by atoms with Crippen molar-refractivity contribution in [2.45, 2.75) is 26.2 Å². The molecule has 0 spiro atoms. The van der Waals surface area contributed by atoms with Gasteiger partial charge in [-0.25, -0.2) is 0 Å². The standard InChI is InChI=1S/C18H20O4/c1-3-4-5-15(19)13-8-6-12(7-9-13)14-10-16(20)18(21)17(11-14)22-2/h6-11,20-21H,3-5H2,1-2H3. The van der Waals surface area contributed by atoms with Gasteiger partial charge in [-0.15, -0.1) is 0 Å². The summed E-state index contributed by atoms with van der Waals surface area (Å²) in [7, 11) is 1.42. The Morgan fingerprint density at radius 3 is 2.36 bits per heavy atom. The number of phenolic OH excluding ortho intramolecular Hbond substituents is 2. The number of benzene rings is 2. The van der Waals surface area contributed by atoms with E-state index in [-0.39, 0.29) is 23.0 Å². The molecule has 0 bridgehead atoms. The van der Waals surface area contributed by atoms with Crippen LogP contribution in [0.1, 0.15) is 36.5 Å². The molecule has 2 aromatic carbocycles. The molecule has 0 saturated heterocycles. The second-order valence-corrected chi connectivity index (χ2v) is 5.15. The number of unbranched alkanes of at least 4 members (excludes halogenated alkanes) is 1. The summed E-state index contributed by atoms with van der Waals surface area (Å²) in [6.45, 7) is 2.06. The van der Waals surface area contributed by atoms with E-state index in [4.69, 9.17) is 4.74 Å². The fourth-order valence-electron chi connectivity index (χ4n) is 2.25. The quantitative estimate of drug-likeness (QED) is 0.621. The highest BCUT2D eigenvalue weighted by Gasteiger charge is 2.11. The van der Waals surface area contributed by atoms with Gasteiger partial charge in [-0.2, -0.15) is 0 Å². The summed E-state index contributed by atoms with van der Waals surface area (Å²) in [5.74, 6) is -0.173. The summed E-state index contributed by atoms with van der Waals surface area (Å²) in [5, 5.41) is 19.4. The lowest BCUT2D eigenvalue weighted by Gasteiger charge is -2.09. The molecule has 0 amide bonds. The Morgan fingerprint density at radius 2 is 1.77 bits per heavy atom. The summed E-state index contributed by atoms with van der Waals surface area (Å²) in [5.41, 5.74) is 2.23. The number of carbonyl (C=O) groups is 1. The fraction of sp³-hybridized carbons (Fsp3) is 0.278. The predicted molar refractivity (Wildman–Crippen MR) is 85.6 cm³/mol. The van der Waals surface area contributed by atoms with Gasteiger partial charge in [0.05, 0.1) is 7.11 Å². The van der Waals surface area contributed by atoms with E-state index in [2.05, 4.69) is 6.92 Å². The molecule has 4 nitrogen and oxygen atoms in total. The maximum absolute atomic E-state index is 12.0. The summed E-state index contributed by atoms with van der Waals surface area (Å²) in [6, 6.07) is 10.3. The van der Waals surface area contributed by atoms with Crippen molar-refractivity contribution in [3.63, 3.8) is 0 Å². The molecule has 0 aliphatic heterocycles. The molecule has 0 unspecified atom stereocenters. The van der Waals surface area contributed by atoms with Crippen LogP contribution in [0.3, 0.4) is 0 Å². The molecule has 0 saturated carbocycles. The zero-order valence-corrected chi connectivity index (χ0v) is 12.8. The van der Waals surface area contributed by atoms with Crippen LogP contribution in [0.25, 0.3) is 11.1 Å². The van der Waals surface area contributed by atoms with E-state index in [0.29, 0.717) is 17.5 Å². The molecule has 2 N–H and O–H groups in total. The molecule has 0 aromatic heterocycles. The summed E-state index contributed by atoms with van der Waals surface area (Å²) in [6.07, 6.45) is 2.45. The second kappa shape index (κ2) is 6.98. The molecule has 116 valence electrons. The van der Waals surface area contributed by atoms with E-state index in [1.807, 2.05) is 12.1 Å². The van der Waals surface area contributed by atoms with E-state index in [1.54, 1.807) is 18.2 Å². The average molecular weight is 300 g/mol. The number of rotatable bonds is 6. The third kappa shape index (κ3) is 3.39. The molecule has 2 aromatic rings.